The van der Waals surface area contributed by atoms with Crippen LogP contribution in [0.4, 0.5) is 35.1 Å². The smallest absolute Gasteiger partial charge is 0.410 e. The van der Waals surface area contributed by atoms with Crippen LogP contribution in [0.5, 0.6) is 0 Å². The lowest BCUT2D eigenvalue weighted by atomic mass is 9.97. The van der Waals surface area contributed by atoms with Crippen LogP contribution in [0.2, 0.25) is 0 Å². The Kier molecular flexibility index (Phi) is 5.55. The van der Waals surface area contributed by atoms with Crippen molar-refractivity contribution in [2.75, 3.05) is 6.61 Å². The molecule has 0 saturated carbocycles. The number of carbonyl (C=O) groups is 2. The van der Waals surface area contributed by atoms with Crippen molar-refractivity contribution in [2.24, 2.45) is 0 Å². The van der Waals surface area contributed by atoms with Crippen molar-refractivity contribution in [2.45, 2.75) is 37.0 Å². The molecule has 0 amide bonds. The predicted molar refractivity (Wildman–Crippen MR) is 48.9 cm³/mol. The molecule has 1 N–H and O–H groups in total. The Morgan fingerprint density at radius 2 is 1.52 bits per heavy atom. The zero-order chi connectivity index (χ0) is 17.2. The Bertz CT molecular complexity index is 411. The van der Waals surface area contributed by atoms with Gasteiger partial charge < -0.3 is 9.84 Å². The summed E-state index contributed by atoms with van der Waals surface area (Å²) in [6, 6.07) is 0. The largest absolute Gasteiger partial charge is 0.479 e. The number of rotatable bonds is 7. The summed E-state index contributed by atoms with van der Waals surface area (Å²) in [6.07, 6.45) is -9.02. The highest BCUT2D eigenvalue weighted by atomic mass is 19.3. The molecule has 0 aromatic carbocycles. The zero-order valence-corrected chi connectivity index (χ0v) is 10.1. The van der Waals surface area contributed by atoms with Crippen LogP contribution in [0, 0.1) is 0 Å². The minimum atomic E-state index is -6.72. The van der Waals surface area contributed by atoms with Crippen LogP contribution < -0.4 is 0 Å². The third-order valence-electron chi connectivity index (χ3n) is 2.18. The maximum atomic E-state index is 13.0. The van der Waals surface area contributed by atoms with Gasteiger partial charge in [-0.15, -0.1) is 0 Å². The number of hydrogen-bond donors (Lipinski definition) is 1. The third kappa shape index (κ3) is 3.18. The molecule has 0 aliphatic rings. The standard InChI is InChI=1S/C9H8F8O4/c1-2-21-6(20)8(14,15)9(16,17)7(12,13)4(11)3(10)5(18)19/h3-4H,2H2,1H3,(H,18,19). The van der Waals surface area contributed by atoms with Gasteiger partial charge in [-0.25, -0.2) is 18.4 Å². The second-order valence-electron chi connectivity index (χ2n) is 3.63. The summed E-state index contributed by atoms with van der Waals surface area (Å²) in [4.78, 5) is 20.5. The average Bonchev–Trinajstić information content (AvgIpc) is 2.36. The molecule has 0 heterocycles. The molecule has 0 aromatic heterocycles. The highest BCUT2D eigenvalue weighted by Gasteiger charge is 2.79. The number of ether oxygens (including phenoxy) is 1. The topological polar surface area (TPSA) is 63.6 Å². The van der Waals surface area contributed by atoms with E-state index in [0.29, 0.717) is 0 Å². The molecular weight excluding hydrogens is 324 g/mol. The van der Waals surface area contributed by atoms with Gasteiger partial charge in [0, 0.05) is 0 Å². The summed E-state index contributed by atoms with van der Waals surface area (Å²) in [5, 5.41) is 7.91. The second kappa shape index (κ2) is 6.02. The van der Waals surface area contributed by atoms with Crippen molar-refractivity contribution in [1.29, 1.82) is 0 Å². The van der Waals surface area contributed by atoms with E-state index in [2.05, 4.69) is 4.74 Å². The van der Waals surface area contributed by atoms with Gasteiger partial charge in [0.1, 0.15) is 0 Å². The van der Waals surface area contributed by atoms with Gasteiger partial charge in [-0.3, -0.25) is 0 Å². The minimum Gasteiger partial charge on any atom is -0.479 e. The van der Waals surface area contributed by atoms with Gasteiger partial charge >= 0.3 is 29.7 Å². The van der Waals surface area contributed by atoms with Crippen LogP contribution in [0.15, 0.2) is 0 Å². The molecule has 0 rings (SSSR count). The van der Waals surface area contributed by atoms with Gasteiger partial charge in [-0.1, -0.05) is 0 Å². The van der Waals surface area contributed by atoms with E-state index in [1.54, 1.807) is 0 Å². The summed E-state index contributed by atoms with van der Waals surface area (Å²) >= 11 is 0. The fourth-order valence-electron chi connectivity index (χ4n) is 1.04. The summed E-state index contributed by atoms with van der Waals surface area (Å²) in [7, 11) is 0. The Labute approximate surface area is 111 Å². The average molecular weight is 332 g/mol. The molecular formula is C9H8F8O4. The van der Waals surface area contributed by atoms with Crippen molar-refractivity contribution in [1.82, 2.24) is 0 Å². The number of halogens is 8. The first-order chi connectivity index (χ1) is 9.25. The van der Waals surface area contributed by atoms with Gasteiger partial charge in [0.2, 0.25) is 12.3 Å². The van der Waals surface area contributed by atoms with E-state index in [-0.39, 0.29) is 0 Å². The molecule has 0 spiro atoms. The van der Waals surface area contributed by atoms with Crippen molar-refractivity contribution < 1.29 is 54.6 Å². The maximum absolute atomic E-state index is 13.0. The number of carbonyl (C=O) groups excluding carboxylic acids is 1. The van der Waals surface area contributed by atoms with Gasteiger partial charge in [0.15, 0.2) is 0 Å². The van der Waals surface area contributed by atoms with E-state index in [1.807, 2.05) is 0 Å². The number of carboxylic acids is 1. The highest BCUT2D eigenvalue weighted by Crippen LogP contribution is 2.49. The predicted octanol–water partition coefficient (Wildman–Crippen LogP) is 2.22. The summed E-state index contributed by atoms with van der Waals surface area (Å²) in [5.74, 6) is -25.4. The number of esters is 1. The molecule has 2 unspecified atom stereocenters. The van der Waals surface area contributed by atoms with Crippen LogP contribution >= 0.6 is 0 Å². The lowest BCUT2D eigenvalue weighted by Crippen LogP contribution is -2.63. The van der Waals surface area contributed by atoms with Crippen LogP contribution in [-0.2, 0) is 14.3 Å². The quantitative estimate of drug-likeness (QED) is 0.574. The highest BCUT2D eigenvalue weighted by molar-refractivity contribution is 5.79. The molecule has 12 heteroatoms. The van der Waals surface area contributed by atoms with Crippen LogP contribution in [0.3, 0.4) is 0 Å². The van der Waals surface area contributed by atoms with E-state index in [0.717, 1.165) is 6.92 Å². The number of aliphatic carboxylic acids is 1. The molecule has 124 valence electrons. The van der Waals surface area contributed by atoms with Gasteiger partial charge in [-0.2, -0.15) is 26.3 Å². The molecule has 21 heavy (non-hydrogen) atoms. The molecule has 0 aliphatic carbocycles. The molecule has 0 saturated heterocycles. The molecule has 4 nitrogen and oxygen atoms in total. The van der Waals surface area contributed by atoms with Crippen LogP contribution in [0.25, 0.3) is 0 Å². The lowest BCUT2D eigenvalue weighted by Gasteiger charge is -2.33. The summed E-state index contributed by atoms with van der Waals surface area (Å²) in [5.41, 5.74) is 0. The Morgan fingerprint density at radius 1 is 1.10 bits per heavy atom. The summed E-state index contributed by atoms with van der Waals surface area (Å²) < 4.78 is 107. The SMILES string of the molecule is CCOC(=O)C(F)(F)C(F)(F)C(F)(F)C(F)C(F)C(=O)O. The van der Waals surface area contributed by atoms with Crippen LogP contribution in [0.1, 0.15) is 6.92 Å². The molecule has 0 radical (unpaired) electrons. The molecule has 0 bridgehead atoms. The van der Waals surface area contributed by atoms with Crippen molar-refractivity contribution in [3.05, 3.63) is 0 Å². The number of alkyl halides is 8. The van der Waals surface area contributed by atoms with E-state index in [9.17, 15) is 44.7 Å². The molecule has 0 fully saturated rings. The maximum Gasteiger partial charge on any atom is 0.410 e. The summed E-state index contributed by atoms with van der Waals surface area (Å²) in [6.45, 7) is 0.0141. The van der Waals surface area contributed by atoms with Gasteiger partial charge in [0.25, 0.3) is 0 Å². The van der Waals surface area contributed by atoms with Crippen molar-refractivity contribution in [3.8, 4) is 0 Å². The number of hydrogen-bond acceptors (Lipinski definition) is 3. The van der Waals surface area contributed by atoms with Crippen molar-refractivity contribution >= 4 is 11.9 Å². The Balaban J connectivity index is 5.65. The van der Waals surface area contributed by atoms with E-state index >= 15 is 0 Å². The first-order valence-electron chi connectivity index (χ1n) is 5.06. The lowest BCUT2D eigenvalue weighted by molar-refractivity contribution is -0.323. The molecule has 0 aliphatic heterocycles. The Hall–Kier alpha value is -1.62. The fourth-order valence-corrected chi connectivity index (χ4v) is 1.04. The first kappa shape index (κ1) is 19.4. The number of carboxylic acid groups (broad SMARTS) is 1. The molecule has 2 atom stereocenters. The second-order valence-corrected chi connectivity index (χ2v) is 3.63. The zero-order valence-electron chi connectivity index (χ0n) is 10.1. The first-order valence-corrected chi connectivity index (χ1v) is 5.06. The monoisotopic (exact) mass is 332 g/mol. The third-order valence-corrected chi connectivity index (χ3v) is 2.18. The van der Waals surface area contributed by atoms with Gasteiger partial charge in [0.05, 0.1) is 6.61 Å². The van der Waals surface area contributed by atoms with E-state index < -0.39 is 48.7 Å². The Morgan fingerprint density at radius 3 is 1.86 bits per heavy atom. The minimum absolute atomic E-state index is 0.879. The fraction of sp³-hybridized carbons (Fsp3) is 0.778. The van der Waals surface area contributed by atoms with E-state index in [1.165, 1.54) is 0 Å². The normalized spacial score (nSPS) is 16.2. The van der Waals surface area contributed by atoms with Crippen molar-refractivity contribution in [3.63, 3.8) is 0 Å². The van der Waals surface area contributed by atoms with E-state index in [4.69, 9.17) is 5.11 Å². The molecule has 0 aromatic rings. The van der Waals surface area contributed by atoms with Crippen LogP contribution in [-0.4, -0.2) is 53.8 Å². The van der Waals surface area contributed by atoms with Gasteiger partial charge in [-0.05, 0) is 6.92 Å².